The first kappa shape index (κ1) is 18.5. The Morgan fingerprint density at radius 3 is 2.59 bits per heavy atom. The van der Waals surface area contributed by atoms with E-state index in [4.69, 9.17) is 9.47 Å². The molecule has 0 aliphatic carbocycles. The number of carbonyl (C=O) groups is 1. The van der Waals surface area contributed by atoms with Crippen LogP contribution in [0.4, 0.5) is 0 Å². The van der Waals surface area contributed by atoms with Crippen molar-refractivity contribution in [1.29, 1.82) is 0 Å². The highest BCUT2D eigenvalue weighted by Gasteiger charge is 2.24. The molecule has 0 aliphatic rings. The summed E-state index contributed by atoms with van der Waals surface area (Å²) in [6.07, 6.45) is 3.41. The molecule has 0 fully saturated rings. The molecule has 1 heterocycles. The summed E-state index contributed by atoms with van der Waals surface area (Å²) in [6.45, 7) is 1.97. The standard InChI is InChI=1S/C21H23N3O3/c1-14(16-10-9-15(26-3)13-19(16)27-4)24(2)21(25)18-8-6-5-7-17(18)20-22-11-12-23-20/h5-14H,1-4H3,(H,22,23). The Morgan fingerprint density at radius 2 is 1.93 bits per heavy atom. The van der Waals surface area contributed by atoms with Crippen LogP contribution in [-0.2, 0) is 0 Å². The lowest BCUT2D eigenvalue weighted by atomic mass is 10.0. The van der Waals surface area contributed by atoms with E-state index in [0.29, 0.717) is 22.9 Å². The maximum atomic E-state index is 13.2. The number of aromatic amines is 1. The predicted molar refractivity (Wildman–Crippen MR) is 104 cm³/mol. The van der Waals surface area contributed by atoms with E-state index in [0.717, 1.165) is 11.1 Å². The number of imidazole rings is 1. The molecular weight excluding hydrogens is 342 g/mol. The molecule has 0 bridgehead atoms. The van der Waals surface area contributed by atoms with E-state index in [-0.39, 0.29) is 11.9 Å². The number of benzene rings is 2. The van der Waals surface area contributed by atoms with E-state index >= 15 is 0 Å². The van der Waals surface area contributed by atoms with Crippen LogP contribution in [0.2, 0.25) is 0 Å². The van der Waals surface area contributed by atoms with Gasteiger partial charge in [0.15, 0.2) is 0 Å². The topological polar surface area (TPSA) is 67.5 Å². The van der Waals surface area contributed by atoms with Gasteiger partial charge in [-0.1, -0.05) is 18.2 Å². The van der Waals surface area contributed by atoms with Crippen LogP contribution in [0.3, 0.4) is 0 Å². The molecule has 0 radical (unpaired) electrons. The fraction of sp³-hybridized carbons (Fsp3) is 0.238. The normalized spacial score (nSPS) is 11.7. The molecule has 3 rings (SSSR count). The van der Waals surface area contributed by atoms with Crippen LogP contribution >= 0.6 is 0 Å². The first-order valence-corrected chi connectivity index (χ1v) is 8.64. The zero-order valence-corrected chi connectivity index (χ0v) is 15.9. The zero-order valence-electron chi connectivity index (χ0n) is 15.9. The molecule has 0 aliphatic heterocycles. The van der Waals surface area contributed by atoms with Crippen LogP contribution in [0.15, 0.2) is 54.9 Å². The van der Waals surface area contributed by atoms with Gasteiger partial charge in [0.1, 0.15) is 17.3 Å². The van der Waals surface area contributed by atoms with Gasteiger partial charge < -0.3 is 19.4 Å². The summed E-state index contributed by atoms with van der Waals surface area (Å²) in [4.78, 5) is 22.3. The highest BCUT2D eigenvalue weighted by molar-refractivity contribution is 6.00. The highest BCUT2D eigenvalue weighted by Crippen LogP contribution is 2.33. The van der Waals surface area contributed by atoms with Gasteiger partial charge in [-0.2, -0.15) is 0 Å². The Hall–Kier alpha value is -3.28. The van der Waals surface area contributed by atoms with Gasteiger partial charge in [-0.05, 0) is 25.1 Å². The smallest absolute Gasteiger partial charge is 0.254 e. The van der Waals surface area contributed by atoms with Crippen molar-refractivity contribution < 1.29 is 14.3 Å². The van der Waals surface area contributed by atoms with Gasteiger partial charge in [0.2, 0.25) is 0 Å². The monoisotopic (exact) mass is 365 g/mol. The van der Waals surface area contributed by atoms with Crippen LogP contribution < -0.4 is 9.47 Å². The molecule has 1 amide bonds. The molecule has 1 atom stereocenters. The van der Waals surface area contributed by atoms with Gasteiger partial charge in [0.25, 0.3) is 5.91 Å². The van der Waals surface area contributed by atoms with E-state index in [1.54, 1.807) is 38.6 Å². The predicted octanol–water partition coefficient (Wildman–Crippen LogP) is 3.93. The van der Waals surface area contributed by atoms with Gasteiger partial charge in [-0.15, -0.1) is 0 Å². The van der Waals surface area contributed by atoms with Crippen LogP contribution in [-0.4, -0.2) is 42.0 Å². The van der Waals surface area contributed by atoms with Gasteiger partial charge >= 0.3 is 0 Å². The lowest BCUT2D eigenvalue weighted by Gasteiger charge is -2.27. The molecule has 2 aromatic carbocycles. The summed E-state index contributed by atoms with van der Waals surface area (Å²) >= 11 is 0. The average Bonchev–Trinajstić information content (AvgIpc) is 3.26. The number of H-pyrrole nitrogens is 1. The second kappa shape index (κ2) is 7.95. The summed E-state index contributed by atoms with van der Waals surface area (Å²) < 4.78 is 10.7. The van der Waals surface area contributed by atoms with Gasteiger partial charge in [-0.3, -0.25) is 4.79 Å². The summed E-state index contributed by atoms with van der Waals surface area (Å²) in [7, 11) is 5.01. The number of nitrogens with one attached hydrogen (secondary N) is 1. The molecule has 0 saturated heterocycles. The van der Waals surface area contributed by atoms with Crippen molar-refractivity contribution in [3.8, 4) is 22.9 Å². The summed E-state index contributed by atoms with van der Waals surface area (Å²) in [5, 5.41) is 0. The number of carbonyl (C=O) groups excluding carboxylic acids is 1. The van der Waals surface area contributed by atoms with Crippen molar-refractivity contribution in [2.75, 3.05) is 21.3 Å². The van der Waals surface area contributed by atoms with E-state index in [1.807, 2.05) is 49.4 Å². The Balaban J connectivity index is 1.93. The zero-order chi connectivity index (χ0) is 19.4. The number of amides is 1. The second-order valence-electron chi connectivity index (χ2n) is 6.18. The van der Waals surface area contributed by atoms with Crippen LogP contribution in [0.1, 0.15) is 28.9 Å². The van der Waals surface area contributed by atoms with Crippen molar-refractivity contribution in [3.63, 3.8) is 0 Å². The lowest BCUT2D eigenvalue weighted by Crippen LogP contribution is -2.30. The van der Waals surface area contributed by atoms with E-state index in [9.17, 15) is 4.79 Å². The molecule has 1 aromatic heterocycles. The van der Waals surface area contributed by atoms with Crippen LogP contribution in [0.5, 0.6) is 11.5 Å². The summed E-state index contributed by atoms with van der Waals surface area (Å²) in [5.41, 5.74) is 2.27. The Bertz CT molecular complexity index is 922. The van der Waals surface area contributed by atoms with Crippen LogP contribution in [0, 0.1) is 0 Å². The molecular formula is C21H23N3O3. The van der Waals surface area contributed by atoms with E-state index in [1.165, 1.54) is 0 Å². The molecule has 0 spiro atoms. The Kier molecular flexibility index (Phi) is 5.45. The number of rotatable bonds is 6. The minimum Gasteiger partial charge on any atom is -0.497 e. The third-order valence-corrected chi connectivity index (χ3v) is 4.70. The number of methoxy groups -OCH3 is 2. The average molecular weight is 365 g/mol. The Labute approximate surface area is 158 Å². The minimum absolute atomic E-state index is 0.0904. The quantitative estimate of drug-likeness (QED) is 0.719. The fourth-order valence-electron chi connectivity index (χ4n) is 3.03. The van der Waals surface area contributed by atoms with Crippen molar-refractivity contribution in [1.82, 2.24) is 14.9 Å². The minimum atomic E-state index is -0.192. The number of hydrogen-bond acceptors (Lipinski definition) is 4. The maximum absolute atomic E-state index is 13.2. The van der Waals surface area contributed by atoms with Crippen molar-refractivity contribution in [2.24, 2.45) is 0 Å². The second-order valence-corrected chi connectivity index (χ2v) is 6.18. The third kappa shape index (κ3) is 3.65. The van der Waals surface area contributed by atoms with Gasteiger partial charge in [0.05, 0.1) is 25.8 Å². The fourth-order valence-corrected chi connectivity index (χ4v) is 3.03. The molecule has 1 N–H and O–H groups in total. The molecule has 3 aromatic rings. The number of aromatic nitrogens is 2. The molecule has 6 nitrogen and oxygen atoms in total. The maximum Gasteiger partial charge on any atom is 0.254 e. The Morgan fingerprint density at radius 1 is 1.15 bits per heavy atom. The van der Waals surface area contributed by atoms with E-state index in [2.05, 4.69) is 9.97 Å². The molecule has 6 heteroatoms. The van der Waals surface area contributed by atoms with Gasteiger partial charge in [-0.25, -0.2) is 4.98 Å². The molecule has 0 saturated carbocycles. The number of hydrogen-bond donors (Lipinski definition) is 1. The molecule has 27 heavy (non-hydrogen) atoms. The molecule has 140 valence electrons. The largest absolute Gasteiger partial charge is 0.497 e. The van der Waals surface area contributed by atoms with Crippen LogP contribution in [0.25, 0.3) is 11.4 Å². The van der Waals surface area contributed by atoms with Crippen molar-refractivity contribution >= 4 is 5.91 Å². The third-order valence-electron chi connectivity index (χ3n) is 4.70. The summed E-state index contributed by atoms with van der Waals surface area (Å²) in [6, 6.07) is 12.9. The number of nitrogens with zero attached hydrogens (tertiary/aromatic N) is 2. The summed E-state index contributed by atoms with van der Waals surface area (Å²) in [5.74, 6) is 1.97. The highest BCUT2D eigenvalue weighted by atomic mass is 16.5. The van der Waals surface area contributed by atoms with E-state index < -0.39 is 0 Å². The molecule has 1 unspecified atom stereocenters. The first-order valence-electron chi connectivity index (χ1n) is 8.64. The van der Waals surface area contributed by atoms with Crippen molar-refractivity contribution in [3.05, 3.63) is 66.0 Å². The van der Waals surface area contributed by atoms with Crippen molar-refractivity contribution in [2.45, 2.75) is 13.0 Å². The lowest BCUT2D eigenvalue weighted by molar-refractivity contribution is 0.0742. The SMILES string of the molecule is COc1ccc(C(C)N(C)C(=O)c2ccccc2-c2ncc[nH]2)c(OC)c1. The number of ether oxygens (including phenoxy) is 2. The first-order chi connectivity index (χ1) is 13.1. The van der Waals surface area contributed by atoms with Gasteiger partial charge in [0, 0.05) is 36.6 Å².